The second-order valence-corrected chi connectivity index (χ2v) is 0. The first-order valence-corrected chi connectivity index (χ1v) is 0. The fraction of sp³-hybridized carbons (Fsp3) is 0. The van der Waals surface area contributed by atoms with Crippen LogP contribution in [0.15, 0.2) is 0 Å². The van der Waals surface area contributed by atoms with Crippen LogP contribution < -0.4 is 0 Å². The van der Waals surface area contributed by atoms with Crippen molar-refractivity contribution in [3.8, 4) is 0 Å². The van der Waals surface area contributed by atoms with Crippen molar-refractivity contribution in [1.29, 1.82) is 0 Å². The van der Waals surface area contributed by atoms with Crippen LogP contribution in [-0.2, 0) is 43.4 Å². The van der Waals surface area contributed by atoms with Crippen molar-refractivity contribution in [3.05, 3.63) is 0 Å². The summed E-state index contributed by atoms with van der Waals surface area (Å²) in [6.45, 7) is 0. The maximum absolute atomic E-state index is 0. The maximum atomic E-state index is 0. The van der Waals surface area contributed by atoms with Crippen LogP contribution in [0.2, 0.25) is 0 Å². The molecule has 7 radical (unpaired) electrons. The standard InChI is InChI=1S/Al.Si.2Ti. The molecule has 0 nitrogen and oxygen atoms in total. The number of hydrogen-bond acceptors (Lipinski definition) is 0. The summed E-state index contributed by atoms with van der Waals surface area (Å²) in [5.74, 6) is 0. The van der Waals surface area contributed by atoms with E-state index in [4.69, 9.17) is 0 Å². The van der Waals surface area contributed by atoms with Crippen molar-refractivity contribution in [2.75, 3.05) is 0 Å². The van der Waals surface area contributed by atoms with Crippen LogP contribution in [0, 0.1) is 0 Å². The van der Waals surface area contributed by atoms with E-state index in [2.05, 4.69) is 0 Å². The minimum absolute atomic E-state index is 0. The summed E-state index contributed by atoms with van der Waals surface area (Å²) in [4.78, 5) is 0. The van der Waals surface area contributed by atoms with Crippen molar-refractivity contribution in [2.45, 2.75) is 0 Å². The molecule has 0 aliphatic rings. The first-order valence-electron chi connectivity index (χ1n) is 0. The van der Waals surface area contributed by atoms with Crippen molar-refractivity contribution in [1.82, 2.24) is 0 Å². The van der Waals surface area contributed by atoms with Gasteiger partial charge in [-0.25, -0.2) is 0 Å². The van der Waals surface area contributed by atoms with Gasteiger partial charge in [-0.1, -0.05) is 0 Å². The SMILES string of the molecule is [Al].[Si].[Ti].[Ti]. The molecule has 0 amide bonds. The Morgan fingerprint density at radius 1 is 0.750 bits per heavy atom. The van der Waals surface area contributed by atoms with Crippen LogP contribution in [0.3, 0.4) is 0 Å². The zero-order chi connectivity index (χ0) is 0. The van der Waals surface area contributed by atoms with Crippen LogP contribution in [0.4, 0.5) is 0 Å². The van der Waals surface area contributed by atoms with E-state index >= 15 is 0 Å². The van der Waals surface area contributed by atoms with Crippen LogP contribution in [0.25, 0.3) is 0 Å². The van der Waals surface area contributed by atoms with Gasteiger partial charge in [0.15, 0.2) is 0 Å². The maximum Gasteiger partial charge on any atom is 0 e. The summed E-state index contributed by atoms with van der Waals surface area (Å²) in [6, 6.07) is 0. The molecule has 0 saturated heterocycles. The topological polar surface area (TPSA) is 0 Å². The largest absolute Gasteiger partial charge is 0 e. The monoisotopic (exact) mass is 151 g/mol. The van der Waals surface area contributed by atoms with E-state index in [9.17, 15) is 0 Å². The molecule has 4 heavy (non-hydrogen) atoms. The average Bonchev–Trinajstić information content (AvgIpc) is 0. The molecule has 0 aromatic carbocycles. The predicted molar refractivity (Wildman–Crippen MR) is 11.5 cm³/mol. The number of hydrogen-bond donors (Lipinski definition) is 0. The molecular weight excluding hydrogens is 151 g/mol. The van der Waals surface area contributed by atoms with Gasteiger partial charge in [0.05, 0.1) is 0 Å². The summed E-state index contributed by atoms with van der Waals surface area (Å²) in [6.07, 6.45) is 0. The molecule has 0 rings (SSSR count). The van der Waals surface area contributed by atoms with Gasteiger partial charge in [0.25, 0.3) is 0 Å². The van der Waals surface area contributed by atoms with E-state index in [1.807, 2.05) is 0 Å². The van der Waals surface area contributed by atoms with Crippen molar-refractivity contribution < 1.29 is 43.4 Å². The van der Waals surface area contributed by atoms with Crippen molar-refractivity contribution in [2.24, 2.45) is 0 Å². The first-order chi connectivity index (χ1) is 0. The smallest absolute Gasteiger partial charge is 0 e. The molecule has 0 spiro atoms. The van der Waals surface area contributed by atoms with Gasteiger partial charge in [0.2, 0.25) is 0 Å². The molecular formula is AlSiTi2. The second kappa shape index (κ2) is 19.1. The summed E-state index contributed by atoms with van der Waals surface area (Å²) in [7, 11) is 0. The summed E-state index contributed by atoms with van der Waals surface area (Å²) >= 11 is 0. The third-order valence-corrected chi connectivity index (χ3v) is 0. The predicted octanol–water partition coefficient (Wildman–Crippen LogP) is -0.767. The van der Waals surface area contributed by atoms with E-state index in [1.165, 1.54) is 0 Å². The second-order valence-electron chi connectivity index (χ2n) is 0. The van der Waals surface area contributed by atoms with Gasteiger partial charge in [-0.2, -0.15) is 0 Å². The minimum atomic E-state index is 0. The van der Waals surface area contributed by atoms with Gasteiger partial charge >= 0.3 is 0 Å². The van der Waals surface area contributed by atoms with Gasteiger partial charge in [-0.05, 0) is 0 Å². The van der Waals surface area contributed by atoms with Crippen molar-refractivity contribution >= 4 is 28.3 Å². The molecule has 0 atom stereocenters. The first kappa shape index (κ1) is 34.9. The summed E-state index contributed by atoms with van der Waals surface area (Å²) in [5, 5.41) is 0. The van der Waals surface area contributed by atoms with Crippen molar-refractivity contribution in [3.63, 3.8) is 0 Å². The molecule has 15 valence electrons. The van der Waals surface area contributed by atoms with E-state index in [0.29, 0.717) is 0 Å². The Bertz CT molecular complexity index is 6.00. The fourth-order valence-electron chi connectivity index (χ4n) is 0. The van der Waals surface area contributed by atoms with E-state index in [1.54, 1.807) is 0 Å². The summed E-state index contributed by atoms with van der Waals surface area (Å²) in [5.41, 5.74) is 0. The molecule has 0 saturated carbocycles. The van der Waals surface area contributed by atoms with Gasteiger partial charge in [-0.3, -0.25) is 0 Å². The molecule has 0 heterocycles. The quantitative estimate of drug-likeness (QED) is 0.399. The molecule has 0 N–H and O–H groups in total. The molecule has 0 fully saturated rings. The van der Waals surface area contributed by atoms with Gasteiger partial charge in [0, 0.05) is 71.8 Å². The molecule has 4 heteroatoms. The third kappa shape index (κ3) is 8.90. The van der Waals surface area contributed by atoms with Gasteiger partial charge < -0.3 is 0 Å². The van der Waals surface area contributed by atoms with E-state index in [0.717, 1.165) is 0 Å². The normalized spacial score (nSPS) is 0. The minimum Gasteiger partial charge on any atom is 0 e. The van der Waals surface area contributed by atoms with Gasteiger partial charge in [0.1, 0.15) is 0 Å². The molecule has 0 bridgehead atoms. The Morgan fingerprint density at radius 2 is 0.750 bits per heavy atom. The van der Waals surface area contributed by atoms with E-state index in [-0.39, 0.29) is 71.8 Å². The van der Waals surface area contributed by atoms with Crippen LogP contribution in [-0.4, -0.2) is 28.3 Å². The van der Waals surface area contributed by atoms with Crippen LogP contribution in [0.5, 0.6) is 0 Å². The zero-order valence-corrected chi connectivity index (χ0v) is 7.36. The zero-order valence-electron chi connectivity index (χ0n) is 2.08. The fourth-order valence-corrected chi connectivity index (χ4v) is 0. The van der Waals surface area contributed by atoms with Gasteiger partial charge in [-0.15, -0.1) is 0 Å². The molecule has 0 aliphatic carbocycles. The Balaban J connectivity index is 0. The van der Waals surface area contributed by atoms with E-state index < -0.39 is 0 Å². The Morgan fingerprint density at radius 3 is 0.750 bits per heavy atom. The summed E-state index contributed by atoms with van der Waals surface area (Å²) < 4.78 is 0. The Hall–Kier alpha value is 2.18. The Kier molecular flexibility index (Phi) is 166. The Labute approximate surface area is 71.0 Å². The third-order valence-electron chi connectivity index (χ3n) is 0. The molecule has 0 aromatic heterocycles. The van der Waals surface area contributed by atoms with Crippen LogP contribution >= 0.6 is 0 Å². The number of rotatable bonds is 0. The average molecular weight is 151 g/mol. The molecule has 0 aromatic rings. The molecule has 0 unspecified atom stereocenters. The van der Waals surface area contributed by atoms with Crippen LogP contribution in [0.1, 0.15) is 0 Å². The molecule has 0 aliphatic heterocycles.